The van der Waals surface area contributed by atoms with Crippen LogP contribution in [0.5, 0.6) is 0 Å². The molecule has 0 bridgehead atoms. The molecule has 1 aliphatic rings. The third-order valence-electron chi connectivity index (χ3n) is 5.10. The third kappa shape index (κ3) is 3.55. The van der Waals surface area contributed by atoms with E-state index in [2.05, 4.69) is 36.5 Å². The molecule has 1 N–H and O–H groups in total. The number of hydrogen-bond acceptors (Lipinski definition) is 2. The van der Waals surface area contributed by atoms with E-state index in [0.717, 1.165) is 23.4 Å². The van der Waals surface area contributed by atoms with Gasteiger partial charge >= 0.3 is 0 Å². The number of rotatable bonds is 4. The lowest BCUT2D eigenvalue weighted by molar-refractivity contribution is 0.0942. The molecule has 0 spiro atoms. The predicted molar refractivity (Wildman–Crippen MR) is 97.3 cm³/mol. The topological polar surface area (TPSA) is 42.2 Å². The first-order chi connectivity index (χ1) is 11.6. The van der Waals surface area contributed by atoms with Crippen molar-refractivity contribution in [2.45, 2.75) is 52.9 Å². The van der Waals surface area contributed by atoms with Crippen molar-refractivity contribution in [3.8, 4) is 11.1 Å². The zero-order valence-corrected chi connectivity index (χ0v) is 14.9. The first kappa shape index (κ1) is 16.8. The van der Waals surface area contributed by atoms with E-state index in [0.29, 0.717) is 17.2 Å². The number of carbonyl (C=O) groups excluding carboxylic acids is 1. The Labute approximate surface area is 144 Å². The van der Waals surface area contributed by atoms with Crippen molar-refractivity contribution in [1.82, 2.24) is 5.32 Å². The molecule has 1 aromatic carbocycles. The van der Waals surface area contributed by atoms with Gasteiger partial charge in [-0.05, 0) is 45.1 Å². The van der Waals surface area contributed by atoms with Crippen LogP contribution in [0.3, 0.4) is 0 Å². The maximum Gasteiger partial charge on any atom is 0.255 e. The molecule has 3 nitrogen and oxygen atoms in total. The fraction of sp³-hybridized carbons (Fsp3) is 0.476. The average Bonchev–Trinajstić information content (AvgIpc) is 2.88. The Hall–Kier alpha value is -2.03. The van der Waals surface area contributed by atoms with Crippen molar-refractivity contribution in [3.63, 3.8) is 0 Å². The Morgan fingerprint density at radius 3 is 2.38 bits per heavy atom. The Morgan fingerprint density at radius 1 is 1.04 bits per heavy atom. The smallest absolute Gasteiger partial charge is 0.255 e. The van der Waals surface area contributed by atoms with E-state index in [1.165, 1.54) is 37.7 Å². The lowest BCUT2D eigenvalue weighted by Gasteiger charge is -2.21. The predicted octanol–water partition coefficient (Wildman–Crippen LogP) is 5.18. The van der Waals surface area contributed by atoms with E-state index in [1.807, 2.05) is 13.8 Å². The summed E-state index contributed by atoms with van der Waals surface area (Å²) >= 11 is 0. The van der Waals surface area contributed by atoms with Crippen LogP contribution in [0.1, 0.15) is 59.5 Å². The molecule has 1 aromatic heterocycles. The molecule has 128 valence electrons. The van der Waals surface area contributed by atoms with Crippen LogP contribution in [0, 0.1) is 26.7 Å². The van der Waals surface area contributed by atoms with Crippen LogP contribution < -0.4 is 5.32 Å². The van der Waals surface area contributed by atoms with E-state index in [9.17, 15) is 4.79 Å². The molecular weight excluding hydrogens is 298 g/mol. The molecule has 0 radical (unpaired) electrons. The van der Waals surface area contributed by atoms with E-state index in [-0.39, 0.29) is 5.91 Å². The molecule has 24 heavy (non-hydrogen) atoms. The van der Waals surface area contributed by atoms with Gasteiger partial charge in [-0.1, -0.05) is 49.1 Å². The lowest BCUT2D eigenvalue weighted by atomic mass is 9.89. The van der Waals surface area contributed by atoms with Crippen molar-refractivity contribution in [2.24, 2.45) is 5.92 Å². The van der Waals surface area contributed by atoms with Crippen LogP contribution in [0.4, 0.5) is 0 Å². The summed E-state index contributed by atoms with van der Waals surface area (Å²) in [4.78, 5) is 12.8. The van der Waals surface area contributed by atoms with Gasteiger partial charge in [0.05, 0.1) is 5.56 Å². The number of amides is 1. The number of furan rings is 1. The van der Waals surface area contributed by atoms with Crippen LogP contribution in [0.2, 0.25) is 0 Å². The summed E-state index contributed by atoms with van der Waals surface area (Å²) in [7, 11) is 0. The monoisotopic (exact) mass is 325 g/mol. The highest BCUT2D eigenvalue weighted by molar-refractivity contribution is 6.02. The van der Waals surface area contributed by atoms with Crippen LogP contribution >= 0.6 is 0 Å². The Balaban J connectivity index is 1.81. The molecule has 0 saturated heterocycles. The molecule has 1 amide bonds. The zero-order valence-electron chi connectivity index (χ0n) is 14.9. The molecule has 0 aliphatic heterocycles. The van der Waals surface area contributed by atoms with Crippen molar-refractivity contribution < 1.29 is 9.21 Å². The lowest BCUT2D eigenvalue weighted by Crippen LogP contribution is -2.30. The SMILES string of the molecule is Cc1ccc(-c2c(C)oc(C)c2C(=O)NCC2CCCCC2)cc1. The summed E-state index contributed by atoms with van der Waals surface area (Å²) in [5, 5.41) is 3.15. The Kier molecular flexibility index (Phi) is 5.08. The number of aryl methyl sites for hydroxylation is 3. The van der Waals surface area contributed by atoms with Crippen molar-refractivity contribution >= 4 is 5.91 Å². The fourth-order valence-corrected chi connectivity index (χ4v) is 3.74. The maximum atomic E-state index is 12.8. The molecule has 1 heterocycles. The largest absolute Gasteiger partial charge is 0.465 e. The van der Waals surface area contributed by atoms with Gasteiger partial charge in [0.2, 0.25) is 0 Å². The van der Waals surface area contributed by atoms with E-state index >= 15 is 0 Å². The van der Waals surface area contributed by atoms with Gasteiger partial charge in [0, 0.05) is 12.1 Å². The zero-order chi connectivity index (χ0) is 17.1. The fourth-order valence-electron chi connectivity index (χ4n) is 3.74. The molecule has 1 saturated carbocycles. The Morgan fingerprint density at radius 2 is 1.71 bits per heavy atom. The number of benzene rings is 1. The summed E-state index contributed by atoms with van der Waals surface area (Å²) in [5.74, 6) is 2.12. The van der Waals surface area contributed by atoms with E-state index < -0.39 is 0 Å². The summed E-state index contributed by atoms with van der Waals surface area (Å²) in [6.07, 6.45) is 6.38. The van der Waals surface area contributed by atoms with Crippen molar-refractivity contribution in [3.05, 3.63) is 46.9 Å². The van der Waals surface area contributed by atoms with Gasteiger partial charge in [-0.3, -0.25) is 4.79 Å². The first-order valence-corrected chi connectivity index (χ1v) is 9.01. The van der Waals surface area contributed by atoms with Gasteiger partial charge in [0.1, 0.15) is 11.5 Å². The molecular formula is C21H27NO2. The van der Waals surface area contributed by atoms with Crippen molar-refractivity contribution in [2.75, 3.05) is 6.54 Å². The molecule has 1 fully saturated rings. The van der Waals surface area contributed by atoms with Crippen LogP contribution in [0.25, 0.3) is 11.1 Å². The quantitative estimate of drug-likeness (QED) is 0.841. The minimum Gasteiger partial charge on any atom is -0.465 e. The Bertz CT molecular complexity index is 706. The highest BCUT2D eigenvalue weighted by atomic mass is 16.3. The maximum absolute atomic E-state index is 12.8. The molecule has 1 aliphatic carbocycles. The van der Waals surface area contributed by atoms with E-state index in [1.54, 1.807) is 0 Å². The van der Waals surface area contributed by atoms with E-state index in [4.69, 9.17) is 4.42 Å². The number of nitrogens with one attached hydrogen (secondary N) is 1. The van der Waals surface area contributed by atoms with Gasteiger partial charge in [0.25, 0.3) is 5.91 Å². The van der Waals surface area contributed by atoms with Crippen LogP contribution in [-0.2, 0) is 0 Å². The van der Waals surface area contributed by atoms with Gasteiger partial charge in [0.15, 0.2) is 0 Å². The summed E-state index contributed by atoms with van der Waals surface area (Å²) < 4.78 is 5.78. The van der Waals surface area contributed by atoms with Gasteiger partial charge in [-0.2, -0.15) is 0 Å². The number of carbonyl (C=O) groups is 1. The van der Waals surface area contributed by atoms with Crippen LogP contribution in [-0.4, -0.2) is 12.5 Å². The third-order valence-corrected chi connectivity index (χ3v) is 5.10. The average molecular weight is 325 g/mol. The molecule has 2 aromatic rings. The highest BCUT2D eigenvalue weighted by Crippen LogP contribution is 2.32. The second-order valence-electron chi connectivity index (χ2n) is 7.04. The molecule has 0 unspecified atom stereocenters. The number of hydrogen-bond donors (Lipinski definition) is 1. The van der Waals surface area contributed by atoms with Crippen LogP contribution in [0.15, 0.2) is 28.7 Å². The normalized spacial score (nSPS) is 15.5. The van der Waals surface area contributed by atoms with Gasteiger partial charge in [-0.25, -0.2) is 0 Å². The first-order valence-electron chi connectivity index (χ1n) is 9.01. The standard InChI is InChI=1S/C21H27NO2/c1-14-9-11-18(12-10-14)19-15(2)24-16(3)20(19)21(23)22-13-17-7-5-4-6-8-17/h9-12,17H,4-8,13H2,1-3H3,(H,22,23). The second kappa shape index (κ2) is 7.25. The second-order valence-corrected chi connectivity index (χ2v) is 7.04. The summed E-state index contributed by atoms with van der Waals surface area (Å²) in [6, 6.07) is 8.26. The van der Waals surface area contributed by atoms with Crippen molar-refractivity contribution in [1.29, 1.82) is 0 Å². The highest BCUT2D eigenvalue weighted by Gasteiger charge is 2.23. The van der Waals surface area contributed by atoms with Gasteiger partial charge in [-0.15, -0.1) is 0 Å². The summed E-state index contributed by atoms with van der Waals surface area (Å²) in [6.45, 7) is 6.64. The minimum absolute atomic E-state index is 0.00880. The molecule has 3 heteroatoms. The summed E-state index contributed by atoms with van der Waals surface area (Å²) in [5.41, 5.74) is 3.86. The molecule has 3 rings (SSSR count). The van der Waals surface area contributed by atoms with Gasteiger partial charge < -0.3 is 9.73 Å². The molecule has 0 atom stereocenters. The minimum atomic E-state index is -0.00880.